The third-order valence-corrected chi connectivity index (χ3v) is 3.97. The quantitative estimate of drug-likeness (QED) is 0.829. The van der Waals surface area contributed by atoms with Gasteiger partial charge in [-0.1, -0.05) is 0 Å². The summed E-state index contributed by atoms with van der Waals surface area (Å²) in [7, 11) is 0. The van der Waals surface area contributed by atoms with E-state index in [1.54, 1.807) is 19.1 Å². The number of carbonyl (C=O) groups excluding carboxylic acids is 1. The van der Waals surface area contributed by atoms with Gasteiger partial charge in [0, 0.05) is 12.1 Å². The summed E-state index contributed by atoms with van der Waals surface area (Å²) in [5.41, 5.74) is 7.55. The zero-order chi connectivity index (χ0) is 14.3. The monoisotopic (exact) mass is 291 g/mol. The number of amides is 1. The maximum Gasteiger partial charge on any atom is 0.267 e. The Labute approximate surface area is 119 Å². The second-order valence-electron chi connectivity index (χ2n) is 4.39. The standard InChI is InChI=1S/C13H13N3O3S/c1-6-12(20-7(2)15-6)13(17)16-9-4-11-10(3-8(9)14)18-5-19-11/h3-4H,5,14H2,1-2H3,(H,16,17). The minimum absolute atomic E-state index is 0.166. The molecule has 0 fully saturated rings. The van der Waals surface area contributed by atoms with Crippen LogP contribution in [0.5, 0.6) is 11.5 Å². The summed E-state index contributed by atoms with van der Waals surface area (Å²) in [6.45, 7) is 3.84. The molecule has 0 bridgehead atoms. The second-order valence-corrected chi connectivity index (χ2v) is 5.60. The first kappa shape index (κ1) is 12.7. The van der Waals surface area contributed by atoms with Gasteiger partial charge in [0.05, 0.1) is 22.1 Å². The first-order chi connectivity index (χ1) is 9.54. The fourth-order valence-electron chi connectivity index (χ4n) is 1.99. The smallest absolute Gasteiger partial charge is 0.267 e. The van der Waals surface area contributed by atoms with Crippen molar-refractivity contribution < 1.29 is 14.3 Å². The van der Waals surface area contributed by atoms with Gasteiger partial charge in [0.15, 0.2) is 11.5 Å². The zero-order valence-electron chi connectivity index (χ0n) is 11.0. The van der Waals surface area contributed by atoms with Crippen molar-refractivity contribution in [2.24, 2.45) is 0 Å². The first-order valence-electron chi connectivity index (χ1n) is 5.99. The second kappa shape index (κ2) is 4.68. The van der Waals surface area contributed by atoms with E-state index in [0.29, 0.717) is 33.4 Å². The molecule has 1 aliphatic heterocycles. The maximum atomic E-state index is 12.2. The van der Waals surface area contributed by atoms with E-state index in [-0.39, 0.29) is 12.7 Å². The lowest BCUT2D eigenvalue weighted by molar-refractivity contribution is 0.103. The van der Waals surface area contributed by atoms with Gasteiger partial charge in [0.2, 0.25) is 6.79 Å². The van der Waals surface area contributed by atoms with Gasteiger partial charge in [-0.05, 0) is 13.8 Å². The molecule has 6 nitrogen and oxygen atoms in total. The molecule has 1 amide bonds. The molecular formula is C13H13N3O3S. The van der Waals surface area contributed by atoms with E-state index in [1.165, 1.54) is 11.3 Å². The Morgan fingerprint density at radius 1 is 1.35 bits per heavy atom. The maximum absolute atomic E-state index is 12.2. The molecule has 0 unspecified atom stereocenters. The minimum atomic E-state index is -0.223. The molecule has 1 aromatic heterocycles. The number of thiazole rings is 1. The summed E-state index contributed by atoms with van der Waals surface area (Å²) in [4.78, 5) is 17.1. The van der Waals surface area contributed by atoms with Crippen molar-refractivity contribution in [2.45, 2.75) is 13.8 Å². The first-order valence-corrected chi connectivity index (χ1v) is 6.81. The highest BCUT2D eigenvalue weighted by Crippen LogP contribution is 2.38. The van der Waals surface area contributed by atoms with E-state index in [0.717, 1.165) is 5.01 Å². The van der Waals surface area contributed by atoms with Gasteiger partial charge < -0.3 is 20.5 Å². The Balaban J connectivity index is 1.88. The van der Waals surface area contributed by atoms with E-state index in [4.69, 9.17) is 15.2 Å². The highest BCUT2D eigenvalue weighted by molar-refractivity contribution is 7.13. The van der Waals surface area contributed by atoms with Crippen LogP contribution in [0.1, 0.15) is 20.4 Å². The summed E-state index contributed by atoms with van der Waals surface area (Å²) < 4.78 is 10.5. The number of ether oxygens (including phenoxy) is 2. The third kappa shape index (κ3) is 2.16. The van der Waals surface area contributed by atoms with Crippen LogP contribution in [0.25, 0.3) is 0 Å². The zero-order valence-corrected chi connectivity index (χ0v) is 11.8. The Hall–Kier alpha value is -2.28. The number of hydrogen-bond donors (Lipinski definition) is 2. The lowest BCUT2D eigenvalue weighted by Crippen LogP contribution is -2.13. The Morgan fingerprint density at radius 2 is 2.05 bits per heavy atom. The molecule has 2 heterocycles. The van der Waals surface area contributed by atoms with Gasteiger partial charge in [0.1, 0.15) is 4.88 Å². The van der Waals surface area contributed by atoms with Crippen molar-refractivity contribution in [3.05, 3.63) is 27.7 Å². The van der Waals surface area contributed by atoms with E-state index < -0.39 is 0 Å². The fraction of sp³-hybridized carbons (Fsp3) is 0.231. The van der Waals surface area contributed by atoms with Crippen molar-refractivity contribution in [2.75, 3.05) is 17.8 Å². The predicted octanol–water partition coefficient (Wildman–Crippen LogP) is 2.32. The molecule has 0 aliphatic carbocycles. The lowest BCUT2D eigenvalue weighted by Gasteiger charge is -2.08. The molecular weight excluding hydrogens is 278 g/mol. The summed E-state index contributed by atoms with van der Waals surface area (Å²) in [6.07, 6.45) is 0. The summed E-state index contributed by atoms with van der Waals surface area (Å²) >= 11 is 1.35. The normalized spacial score (nSPS) is 12.5. The van der Waals surface area contributed by atoms with Crippen LogP contribution >= 0.6 is 11.3 Å². The predicted molar refractivity (Wildman–Crippen MR) is 76.5 cm³/mol. The molecule has 3 rings (SSSR count). The van der Waals surface area contributed by atoms with E-state index in [9.17, 15) is 4.79 Å². The van der Waals surface area contributed by atoms with Crippen LogP contribution < -0.4 is 20.5 Å². The van der Waals surface area contributed by atoms with Crippen molar-refractivity contribution in [1.82, 2.24) is 4.98 Å². The van der Waals surface area contributed by atoms with Crippen LogP contribution in [0, 0.1) is 13.8 Å². The molecule has 1 aliphatic rings. The molecule has 0 spiro atoms. The van der Waals surface area contributed by atoms with Crippen LogP contribution in [-0.2, 0) is 0 Å². The van der Waals surface area contributed by atoms with Crippen molar-refractivity contribution in [3.8, 4) is 11.5 Å². The van der Waals surface area contributed by atoms with Gasteiger partial charge in [-0.3, -0.25) is 4.79 Å². The third-order valence-electron chi connectivity index (χ3n) is 2.90. The van der Waals surface area contributed by atoms with Gasteiger partial charge in [-0.15, -0.1) is 11.3 Å². The average molecular weight is 291 g/mol. The molecule has 104 valence electrons. The SMILES string of the molecule is Cc1nc(C)c(C(=O)Nc2cc3c(cc2N)OCO3)s1. The number of carbonyl (C=O) groups is 1. The van der Waals surface area contributed by atoms with Crippen molar-refractivity contribution in [1.29, 1.82) is 0 Å². The summed E-state index contributed by atoms with van der Waals surface area (Å²) in [5, 5.41) is 3.63. The van der Waals surface area contributed by atoms with Crippen LogP contribution in [0.4, 0.5) is 11.4 Å². The van der Waals surface area contributed by atoms with Gasteiger partial charge in [-0.25, -0.2) is 4.98 Å². The Bertz CT molecular complexity index is 696. The van der Waals surface area contributed by atoms with Crippen LogP contribution in [0.15, 0.2) is 12.1 Å². The Kier molecular flexibility index (Phi) is 2.98. The van der Waals surface area contributed by atoms with Crippen LogP contribution in [-0.4, -0.2) is 17.7 Å². The minimum Gasteiger partial charge on any atom is -0.454 e. The van der Waals surface area contributed by atoms with Gasteiger partial charge in [-0.2, -0.15) is 0 Å². The van der Waals surface area contributed by atoms with Crippen LogP contribution in [0.3, 0.4) is 0 Å². The highest BCUT2D eigenvalue weighted by Gasteiger charge is 2.19. The molecule has 0 saturated heterocycles. The van der Waals surface area contributed by atoms with E-state index in [1.807, 2.05) is 6.92 Å². The number of nitrogen functional groups attached to an aromatic ring is 1. The molecule has 20 heavy (non-hydrogen) atoms. The van der Waals surface area contributed by atoms with E-state index >= 15 is 0 Å². The largest absolute Gasteiger partial charge is 0.454 e. The molecule has 7 heteroatoms. The molecule has 0 atom stereocenters. The van der Waals surface area contributed by atoms with E-state index in [2.05, 4.69) is 10.3 Å². The number of hydrogen-bond acceptors (Lipinski definition) is 6. The molecule has 1 aromatic carbocycles. The number of nitrogens with zero attached hydrogens (tertiary/aromatic N) is 1. The number of aryl methyl sites for hydroxylation is 2. The number of nitrogens with two attached hydrogens (primary N) is 1. The van der Waals surface area contributed by atoms with Gasteiger partial charge >= 0.3 is 0 Å². The average Bonchev–Trinajstić information content (AvgIpc) is 2.95. The summed E-state index contributed by atoms with van der Waals surface area (Å²) in [5.74, 6) is 0.940. The van der Waals surface area contributed by atoms with Crippen molar-refractivity contribution in [3.63, 3.8) is 0 Å². The number of fused-ring (bicyclic) bond motifs is 1. The number of aromatic nitrogens is 1. The molecule has 2 aromatic rings. The topological polar surface area (TPSA) is 86.5 Å². The molecule has 0 saturated carbocycles. The van der Waals surface area contributed by atoms with Gasteiger partial charge in [0.25, 0.3) is 5.91 Å². The number of rotatable bonds is 2. The number of nitrogens with one attached hydrogen (secondary N) is 1. The number of anilines is 2. The Morgan fingerprint density at radius 3 is 2.70 bits per heavy atom. The molecule has 3 N–H and O–H groups in total. The summed E-state index contributed by atoms with van der Waals surface area (Å²) in [6, 6.07) is 3.31. The highest BCUT2D eigenvalue weighted by atomic mass is 32.1. The van der Waals surface area contributed by atoms with Crippen LogP contribution in [0.2, 0.25) is 0 Å². The number of benzene rings is 1. The lowest BCUT2D eigenvalue weighted by atomic mass is 10.2. The van der Waals surface area contributed by atoms with Crippen molar-refractivity contribution >= 4 is 28.6 Å². The molecule has 0 radical (unpaired) electrons. The fourth-order valence-corrected chi connectivity index (χ4v) is 2.80.